The van der Waals surface area contributed by atoms with E-state index in [1.54, 1.807) is 6.08 Å². The number of hydrogen-bond acceptors (Lipinski definition) is 4. The molecule has 2 aromatic rings. The Labute approximate surface area is 181 Å². The molecule has 0 saturated heterocycles. The molecule has 0 aromatic heterocycles. The van der Waals surface area contributed by atoms with E-state index in [9.17, 15) is 14.8 Å². The number of carbonyl (C=O) groups is 2. The molecule has 2 N–H and O–H groups in total. The maximum absolute atomic E-state index is 13.2. The molecule has 0 radical (unpaired) electrons. The standard InChI is InChI=1S/C26H24N2O3/c1-3-26(2)21-15-16-23(29)24(28-31)22(26)14-13-20(21)25(30)27-19-11-9-18(10-12-19)17-7-5-4-6-8-17/h4-12,14-16,31H,3,13H2,1-2H3,(H,27,30). The van der Waals surface area contributed by atoms with Crippen LogP contribution >= 0.6 is 0 Å². The summed E-state index contributed by atoms with van der Waals surface area (Å²) in [5, 5.41) is 15.6. The van der Waals surface area contributed by atoms with E-state index < -0.39 is 5.41 Å². The summed E-state index contributed by atoms with van der Waals surface area (Å²) >= 11 is 0. The zero-order chi connectivity index (χ0) is 22.0. The van der Waals surface area contributed by atoms with Crippen LogP contribution in [-0.2, 0) is 9.59 Å². The van der Waals surface area contributed by atoms with Crippen molar-refractivity contribution in [3.8, 4) is 11.1 Å². The van der Waals surface area contributed by atoms with Gasteiger partial charge in [0.05, 0.1) is 0 Å². The largest absolute Gasteiger partial charge is 0.410 e. The zero-order valence-electron chi connectivity index (χ0n) is 17.6. The molecule has 0 aliphatic heterocycles. The van der Waals surface area contributed by atoms with E-state index >= 15 is 0 Å². The Bertz CT molecular complexity index is 1150. The third-order valence-corrected chi connectivity index (χ3v) is 6.25. The van der Waals surface area contributed by atoms with E-state index in [0.717, 1.165) is 16.7 Å². The Morgan fingerprint density at radius 2 is 1.74 bits per heavy atom. The lowest BCUT2D eigenvalue weighted by molar-refractivity contribution is -0.113. The normalized spacial score (nSPS) is 21.7. The Morgan fingerprint density at radius 3 is 2.39 bits per heavy atom. The van der Waals surface area contributed by atoms with E-state index in [1.807, 2.05) is 74.5 Å². The topological polar surface area (TPSA) is 78.8 Å². The van der Waals surface area contributed by atoms with Gasteiger partial charge in [-0.1, -0.05) is 73.6 Å². The average Bonchev–Trinajstić information content (AvgIpc) is 2.85. The minimum Gasteiger partial charge on any atom is -0.410 e. The van der Waals surface area contributed by atoms with Gasteiger partial charge in [-0.05, 0) is 53.3 Å². The van der Waals surface area contributed by atoms with Crippen LogP contribution in [-0.4, -0.2) is 22.6 Å². The molecule has 31 heavy (non-hydrogen) atoms. The van der Waals surface area contributed by atoms with Crippen LogP contribution in [0.1, 0.15) is 26.7 Å². The molecule has 5 heteroatoms. The summed E-state index contributed by atoms with van der Waals surface area (Å²) in [6.45, 7) is 3.97. The van der Waals surface area contributed by atoms with Crippen LogP contribution in [0.25, 0.3) is 11.1 Å². The van der Waals surface area contributed by atoms with Gasteiger partial charge in [0, 0.05) is 16.7 Å². The maximum Gasteiger partial charge on any atom is 0.252 e. The Balaban J connectivity index is 1.64. The number of fused-ring (bicyclic) bond motifs is 2. The number of rotatable bonds is 4. The van der Waals surface area contributed by atoms with Crippen molar-refractivity contribution < 1.29 is 14.8 Å². The van der Waals surface area contributed by atoms with Crippen LogP contribution in [0.2, 0.25) is 0 Å². The quantitative estimate of drug-likeness (QED) is 0.528. The molecule has 2 aliphatic rings. The third-order valence-electron chi connectivity index (χ3n) is 6.25. The molecule has 2 aromatic carbocycles. The van der Waals surface area contributed by atoms with Gasteiger partial charge in [0.2, 0.25) is 5.78 Å². The molecule has 0 saturated carbocycles. The zero-order valence-corrected chi connectivity index (χ0v) is 17.6. The molecule has 1 amide bonds. The lowest BCUT2D eigenvalue weighted by atomic mass is 9.67. The monoisotopic (exact) mass is 412 g/mol. The molecular weight excluding hydrogens is 388 g/mol. The molecule has 2 bridgehead atoms. The van der Waals surface area contributed by atoms with Crippen LogP contribution in [0.5, 0.6) is 0 Å². The summed E-state index contributed by atoms with van der Waals surface area (Å²) in [6, 6.07) is 17.8. The first kappa shape index (κ1) is 20.5. The number of hydrogen-bond donors (Lipinski definition) is 2. The highest BCUT2D eigenvalue weighted by molar-refractivity contribution is 6.50. The number of allylic oxidation sites excluding steroid dienone is 5. The van der Waals surface area contributed by atoms with Crippen molar-refractivity contribution in [2.75, 3.05) is 5.32 Å². The van der Waals surface area contributed by atoms with Crippen molar-refractivity contribution in [1.82, 2.24) is 0 Å². The number of benzene rings is 2. The second-order valence-electron chi connectivity index (χ2n) is 7.94. The van der Waals surface area contributed by atoms with Crippen molar-refractivity contribution in [3.05, 3.63) is 89.5 Å². The average molecular weight is 412 g/mol. The van der Waals surface area contributed by atoms with E-state index in [2.05, 4.69) is 10.5 Å². The lowest BCUT2D eigenvalue weighted by Gasteiger charge is -2.36. The summed E-state index contributed by atoms with van der Waals surface area (Å²) < 4.78 is 0. The number of ketones is 1. The molecule has 1 unspecified atom stereocenters. The Hall–Kier alpha value is -3.73. The first-order valence-electron chi connectivity index (χ1n) is 10.3. The number of carbonyl (C=O) groups excluding carboxylic acids is 2. The molecular formula is C26H24N2O3. The van der Waals surface area contributed by atoms with Gasteiger partial charge in [-0.15, -0.1) is 0 Å². The van der Waals surface area contributed by atoms with Crippen LogP contribution in [0.15, 0.2) is 94.7 Å². The molecule has 0 heterocycles. The van der Waals surface area contributed by atoms with Gasteiger partial charge < -0.3 is 10.5 Å². The minimum absolute atomic E-state index is 0.0477. The van der Waals surface area contributed by atoms with E-state index in [-0.39, 0.29) is 17.4 Å². The van der Waals surface area contributed by atoms with Crippen molar-refractivity contribution in [3.63, 3.8) is 0 Å². The summed E-state index contributed by atoms with van der Waals surface area (Å²) in [5.74, 6) is -0.555. The van der Waals surface area contributed by atoms with Gasteiger partial charge >= 0.3 is 0 Å². The number of oxime groups is 1. The first-order chi connectivity index (χ1) is 15.0. The van der Waals surface area contributed by atoms with Gasteiger partial charge in [0.25, 0.3) is 5.91 Å². The van der Waals surface area contributed by atoms with Crippen LogP contribution in [0.3, 0.4) is 0 Å². The fraction of sp³-hybridized carbons (Fsp3) is 0.192. The van der Waals surface area contributed by atoms with Crippen LogP contribution in [0, 0.1) is 5.41 Å². The number of nitrogens with one attached hydrogen (secondary N) is 1. The summed E-state index contributed by atoms with van der Waals surface area (Å²) in [4.78, 5) is 25.5. The third kappa shape index (κ3) is 3.63. The maximum atomic E-state index is 13.2. The second kappa shape index (κ2) is 8.19. The highest BCUT2D eigenvalue weighted by atomic mass is 16.4. The van der Waals surface area contributed by atoms with Crippen molar-refractivity contribution in [1.29, 1.82) is 0 Å². The van der Waals surface area contributed by atoms with Crippen LogP contribution in [0.4, 0.5) is 5.69 Å². The SMILES string of the molecule is CCC1(C)C2=CCC(C(=O)Nc3ccc(-c4ccccc4)cc3)=C1C=CC(=O)C2=NO. The number of anilines is 1. The Kier molecular flexibility index (Phi) is 5.42. The van der Waals surface area contributed by atoms with Crippen LogP contribution < -0.4 is 5.32 Å². The summed E-state index contributed by atoms with van der Waals surface area (Å²) in [5.41, 5.74) is 4.44. The lowest BCUT2D eigenvalue weighted by Crippen LogP contribution is -2.32. The minimum atomic E-state index is -0.577. The van der Waals surface area contributed by atoms with Gasteiger partial charge in [0.1, 0.15) is 0 Å². The van der Waals surface area contributed by atoms with Crippen molar-refractivity contribution in [2.24, 2.45) is 10.6 Å². The fourth-order valence-corrected chi connectivity index (χ4v) is 4.31. The smallest absolute Gasteiger partial charge is 0.252 e. The van der Waals surface area contributed by atoms with Gasteiger partial charge in [-0.3, -0.25) is 9.59 Å². The highest BCUT2D eigenvalue weighted by Gasteiger charge is 2.42. The molecule has 156 valence electrons. The van der Waals surface area contributed by atoms with Gasteiger partial charge in [-0.2, -0.15) is 0 Å². The first-order valence-corrected chi connectivity index (χ1v) is 10.3. The van der Waals surface area contributed by atoms with E-state index in [4.69, 9.17) is 0 Å². The molecule has 0 spiro atoms. The van der Waals surface area contributed by atoms with Gasteiger partial charge in [0.15, 0.2) is 5.71 Å². The summed E-state index contributed by atoms with van der Waals surface area (Å²) in [6.07, 6.45) is 5.94. The second-order valence-corrected chi connectivity index (χ2v) is 7.94. The molecule has 2 aliphatic carbocycles. The summed E-state index contributed by atoms with van der Waals surface area (Å²) in [7, 11) is 0. The van der Waals surface area contributed by atoms with Gasteiger partial charge in [-0.25, -0.2) is 0 Å². The van der Waals surface area contributed by atoms with E-state index in [1.165, 1.54) is 6.08 Å². The number of amides is 1. The fourth-order valence-electron chi connectivity index (χ4n) is 4.31. The van der Waals surface area contributed by atoms with Crippen molar-refractivity contribution in [2.45, 2.75) is 26.7 Å². The highest BCUT2D eigenvalue weighted by Crippen LogP contribution is 2.47. The Morgan fingerprint density at radius 1 is 1.06 bits per heavy atom. The predicted octanol–water partition coefficient (Wildman–Crippen LogP) is 5.30. The molecule has 0 fully saturated rings. The van der Waals surface area contributed by atoms with Crippen molar-refractivity contribution >= 4 is 23.1 Å². The molecule has 5 nitrogen and oxygen atoms in total. The molecule has 1 atom stereocenters. The molecule has 4 rings (SSSR count). The number of nitrogens with zero attached hydrogens (tertiary/aromatic N) is 1. The van der Waals surface area contributed by atoms with E-state index in [0.29, 0.717) is 29.7 Å². The predicted molar refractivity (Wildman–Crippen MR) is 122 cm³/mol.